The molecular formula is C16H20N6OS. The Labute approximate surface area is 143 Å². The van der Waals surface area contributed by atoms with Crippen LogP contribution in [0.1, 0.15) is 40.4 Å². The smallest absolute Gasteiger partial charge is 0.261 e. The molecule has 0 saturated carbocycles. The fraction of sp³-hybridized carbons (Fsp3) is 0.500. The first-order chi connectivity index (χ1) is 11.6. The minimum atomic E-state index is -0.00447. The van der Waals surface area contributed by atoms with E-state index in [1.54, 1.807) is 0 Å². The molecule has 4 heterocycles. The molecule has 1 aliphatic rings. The minimum Gasteiger partial charge on any atom is -0.347 e. The van der Waals surface area contributed by atoms with Crippen LogP contribution in [0.4, 0.5) is 0 Å². The summed E-state index contributed by atoms with van der Waals surface area (Å²) in [5.41, 5.74) is 0.960. The summed E-state index contributed by atoms with van der Waals surface area (Å²) in [6.45, 7) is 4.80. The molecule has 0 radical (unpaired) electrons. The summed E-state index contributed by atoms with van der Waals surface area (Å²) in [6.07, 6.45) is 2.61. The number of nitrogens with zero attached hydrogens (tertiary/aromatic N) is 5. The first-order valence-electron chi connectivity index (χ1n) is 8.21. The molecule has 24 heavy (non-hydrogen) atoms. The predicted molar refractivity (Wildman–Crippen MR) is 92.3 cm³/mol. The molecule has 7 nitrogen and oxygen atoms in total. The molecule has 0 bridgehead atoms. The van der Waals surface area contributed by atoms with Gasteiger partial charge in [-0.05, 0) is 19.4 Å². The van der Waals surface area contributed by atoms with E-state index in [1.165, 1.54) is 11.3 Å². The molecule has 0 saturated heterocycles. The summed E-state index contributed by atoms with van der Waals surface area (Å²) in [4.78, 5) is 14.4. The Hall–Kier alpha value is -2.22. The van der Waals surface area contributed by atoms with E-state index in [4.69, 9.17) is 0 Å². The van der Waals surface area contributed by atoms with Crippen LogP contribution in [-0.4, -0.2) is 36.5 Å². The largest absolute Gasteiger partial charge is 0.347 e. The Morgan fingerprint density at radius 1 is 1.46 bits per heavy atom. The molecule has 4 rings (SSSR count). The van der Waals surface area contributed by atoms with Crippen LogP contribution in [-0.2, 0) is 26.4 Å². The highest BCUT2D eigenvalue weighted by Crippen LogP contribution is 2.28. The lowest BCUT2D eigenvalue weighted by molar-refractivity contribution is 0.0931. The van der Waals surface area contributed by atoms with Crippen molar-refractivity contribution in [2.24, 2.45) is 7.05 Å². The molecule has 0 spiro atoms. The molecule has 1 unspecified atom stereocenters. The first kappa shape index (κ1) is 15.3. The van der Waals surface area contributed by atoms with Gasteiger partial charge in [-0.15, -0.1) is 21.5 Å². The van der Waals surface area contributed by atoms with Gasteiger partial charge in [0.1, 0.15) is 16.5 Å². The van der Waals surface area contributed by atoms with Gasteiger partial charge in [-0.1, -0.05) is 6.92 Å². The number of fused-ring (bicyclic) bond motifs is 2. The van der Waals surface area contributed by atoms with Crippen LogP contribution in [0.2, 0.25) is 0 Å². The van der Waals surface area contributed by atoms with Crippen LogP contribution in [0.3, 0.4) is 0 Å². The molecular weight excluding hydrogens is 324 g/mol. The molecule has 0 aliphatic carbocycles. The summed E-state index contributed by atoms with van der Waals surface area (Å²) < 4.78 is 3.98. The van der Waals surface area contributed by atoms with Gasteiger partial charge in [-0.3, -0.25) is 9.48 Å². The highest BCUT2D eigenvalue weighted by Gasteiger charge is 2.24. The Morgan fingerprint density at radius 2 is 2.29 bits per heavy atom. The zero-order valence-corrected chi connectivity index (χ0v) is 14.9. The number of amides is 1. The SMILES string of the molecule is CCc1nnc2n1CC(NC(=O)c1cc3c(C)nn(C)c3s1)CC2. The predicted octanol–water partition coefficient (Wildman–Crippen LogP) is 1.84. The number of hydrogen-bond donors (Lipinski definition) is 1. The minimum absolute atomic E-state index is 0.00447. The fourth-order valence-electron chi connectivity index (χ4n) is 3.34. The molecule has 1 atom stereocenters. The lowest BCUT2D eigenvalue weighted by Crippen LogP contribution is -2.41. The van der Waals surface area contributed by atoms with Crippen molar-refractivity contribution in [3.8, 4) is 0 Å². The summed E-state index contributed by atoms with van der Waals surface area (Å²) in [7, 11) is 1.91. The Bertz CT molecular complexity index is 873. The number of rotatable bonds is 3. The van der Waals surface area contributed by atoms with Gasteiger partial charge < -0.3 is 9.88 Å². The van der Waals surface area contributed by atoms with Crippen molar-refractivity contribution in [1.82, 2.24) is 29.9 Å². The van der Waals surface area contributed by atoms with Crippen LogP contribution in [0.25, 0.3) is 10.2 Å². The molecule has 3 aromatic heterocycles. The van der Waals surface area contributed by atoms with Gasteiger partial charge in [-0.25, -0.2) is 0 Å². The van der Waals surface area contributed by atoms with Gasteiger partial charge in [0.05, 0.1) is 10.6 Å². The van der Waals surface area contributed by atoms with Gasteiger partial charge in [0.2, 0.25) is 0 Å². The van der Waals surface area contributed by atoms with Crippen molar-refractivity contribution in [3.05, 3.63) is 28.3 Å². The monoisotopic (exact) mass is 344 g/mol. The van der Waals surface area contributed by atoms with Crippen LogP contribution in [0, 0.1) is 6.92 Å². The Kier molecular flexibility index (Phi) is 3.64. The molecule has 8 heteroatoms. The zero-order valence-electron chi connectivity index (χ0n) is 14.0. The average molecular weight is 344 g/mol. The van der Waals surface area contributed by atoms with E-state index in [9.17, 15) is 4.79 Å². The van der Waals surface area contributed by atoms with Crippen molar-refractivity contribution >= 4 is 27.5 Å². The van der Waals surface area contributed by atoms with Crippen molar-refractivity contribution in [2.75, 3.05) is 0 Å². The Balaban J connectivity index is 1.52. The highest BCUT2D eigenvalue weighted by molar-refractivity contribution is 7.20. The summed E-state index contributed by atoms with van der Waals surface area (Å²) in [5.74, 6) is 2.02. The maximum atomic E-state index is 12.6. The van der Waals surface area contributed by atoms with Crippen LogP contribution in [0.5, 0.6) is 0 Å². The third kappa shape index (κ3) is 2.41. The number of aryl methyl sites for hydroxylation is 4. The van der Waals surface area contributed by atoms with Crippen LogP contribution in [0.15, 0.2) is 6.07 Å². The van der Waals surface area contributed by atoms with E-state index >= 15 is 0 Å². The maximum absolute atomic E-state index is 12.6. The molecule has 0 aromatic carbocycles. The second-order valence-electron chi connectivity index (χ2n) is 6.24. The molecule has 1 N–H and O–H groups in total. The number of nitrogens with one attached hydrogen (secondary N) is 1. The first-order valence-corrected chi connectivity index (χ1v) is 9.03. The van der Waals surface area contributed by atoms with Crippen molar-refractivity contribution < 1.29 is 4.79 Å². The van der Waals surface area contributed by atoms with Gasteiger partial charge in [0.25, 0.3) is 5.91 Å². The van der Waals surface area contributed by atoms with Gasteiger partial charge in [0.15, 0.2) is 0 Å². The van der Waals surface area contributed by atoms with Crippen molar-refractivity contribution in [2.45, 2.75) is 45.7 Å². The lowest BCUT2D eigenvalue weighted by atomic mass is 10.1. The number of carbonyl (C=O) groups excluding carboxylic acids is 1. The molecule has 1 aliphatic heterocycles. The standard InChI is InChI=1S/C16H20N6OS/c1-4-13-18-19-14-6-5-10(8-22(13)14)17-15(23)12-7-11-9(2)20-21(3)16(11)24-12/h7,10H,4-6,8H2,1-3H3,(H,17,23). The number of aromatic nitrogens is 5. The van der Waals surface area contributed by atoms with E-state index in [0.29, 0.717) is 0 Å². The second kappa shape index (κ2) is 5.70. The average Bonchev–Trinajstić information content (AvgIpc) is 3.24. The van der Waals surface area contributed by atoms with E-state index in [2.05, 4.69) is 32.1 Å². The second-order valence-corrected chi connectivity index (χ2v) is 7.27. The quantitative estimate of drug-likeness (QED) is 0.786. The fourth-order valence-corrected chi connectivity index (χ4v) is 4.36. The summed E-state index contributed by atoms with van der Waals surface area (Å²) in [5, 5.41) is 17.1. The normalized spacial score (nSPS) is 17.2. The number of thiophene rings is 1. The third-order valence-corrected chi connectivity index (χ3v) is 5.80. The van der Waals surface area contributed by atoms with E-state index in [-0.39, 0.29) is 11.9 Å². The van der Waals surface area contributed by atoms with E-state index in [1.807, 2.05) is 24.7 Å². The van der Waals surface area contributed by atoms with Gasteiger partial charge in [0, 0.05) is 37.9 Å². The molecule has 3 aromatic rings. The number of carbonyl (C=O) groups is 1. The highest BCUT2D eigenvalue weighted by atomic mass is 32.1. The molecule has 126 valence electrons. The van der Waals surface area contributed by atoms with E-state index < -0.39 is 0 Å². The van der Waals surface area contributed by atoms with Crippen molar-refractivity contribution in [3.63, 3.8) is 0 Å². The third-order valence-electron chi connectivity index (χ3n) is 4.59. The zero-order chi connectivity index (χ0) is 16.8. The van der Waals surface area contributed by atoms with Crippen molar-refractivity contribution in [1.29, 1.82) is 0 Å². The van der Waals surface area contributed by atoms with E-state index in [0.717, 1.165) is 58.2 Å². The van der Waals surface area contributed by atoms with Gasteiger partial charge in [-0.2, -0.15) is 5.10 Å². The Morgan fingerprint density at radius 3 is 3.04 bits per heavy atom. The summed E-state index contributed by atoms with van der Waals surface area (Å²) >= 11 is 1.49. The molecule has 0 fully saturated rings. The van der Waals surface area contributed by atoms with Crippen LogP contribution < -0.4 is 5.32 Å². The van der Waals surface area contributed by atoms with Crippen LogP contribution >= 0.6 is 11.3 Å². The molecule has 1 amide bonds. The maximum Gasteiger partial charge on any atom is 0.261 e. The summed E-state index contributed by atoms with van der Waals surface area (Å²) in [6, 6.07) is 2.07. The lowest BCUT2D eigenvalue weighted by Gasteiger charge is -2.25. The topological polar surface area (TPSA) is 77.6 Å². The van der Waals surface area contributed by atoms with Gasteiger partial charge >= 0.3 is 0 Å². The number of hydrogen-bond acceptors (Lipinski definition) is 5.